The molecule has 35 heavy (non-hydrogen) atoms. The lowest BCUT2D eigenvalue weighted by Crippen LogP contribution is -2.30. The molecule has 0 spiro atoms. The summed E-state index contributed by atoms with van der Waals surface area (Å²) in [6.07, 6.45) is 7.35. The highest BCUT2D eigenvalue weighted by atomic mass is 32.1. The first-order valence-electron chi connectivity index (χ1n) is 12.6. The minimum Gasteiger partial charge on any atom is -0.484 e. The predicted octanol–water partition coefficient (Wildman–Crippen LogP) is 5.13. The summed E-state index contributed by atoms with van der Waals surface area (Å²) in [5.74, 6) is 2.01. The summed E-state index contributed by atoms with van der Waals surface area (Å²) >= 11 is 1.41. The lowest BCUT2D eigenvalue weighted by atomic mass is 9.78. The van der Waals surface area contributed by atoms with E-state index < -0.39 is 13.0 Å². The minimum atomic E-state index is -2.47. The Labute approximate surface area is 210 Å². The Morgan fingerprint density at radius 3 is 2.66 bits per heavy atom. The van der Waals surface area contributed by atoms with Crippen LogP contribution in [0.25, 0.3) is 0 Å². The Kier molecular flexibility index (Phi) is 9.43. The standard InChI is InChI=1S/C26H35F2N3O3S/c1-18-2-7-22(15-29-18)33-16-21(32)14-20-5-3-19(4-6-20)8-11-31-12-9-23-24(10-13-31)35-26(30-23)34-17-25(27)28/h2,7,15,19-20,25H,3-6,8-14,16-17H2,1H3. The van der Waals surface area contributed by atoms with Crippen molar-refractivity contribution in [2.75, 3.05) is 32.8 Å². The highest BCUT2D eigenvalue weighted by Crippen LogP contribution is 2.33. The molecule has 4 rings (SSSR count). The van der Waals surface area contributed by atoms with E-state index in [1.165, 1.54) is 35.5 Å². The van der Waals surface area contributed by atoms with Gasteiger partial charge in [-0.2, -0.15) is 0 Å². The number of alkyl halides is 2. The maximum Gasteiger partial charge on any atom is 0.273 e. The monoisotopic (exact) mass is 507 g/mol. The molecule has 0 aromatic carbocycles. The van der Waals surface area contributed by atoms with Crippen LogP contribution in [0.15, 0.2) is 18.3 Å². The van der Waals surface area contributed by atoms with E-state index in [1.807, 2.05) is 19.1 Å². The van der Waals surface area contributed by atoms with Gasteiger partial charge >= 0.3 is 0 Å². The molecule has 0 bridgehead atoms. The summed E-state index contributed by atoms with van der Waals surface area (Å²) in [5.41, 5.74) is 1.94. The van der Waals surface area contributed by atoms with E-state index in [1.54, 1.807) is 6.20 Å². The molecule has 3 heterocycles. The first-order valence-corrected chi connectivity index (χ1v) is 13.4. The number of hydrogen-bond acceptors (Lipinski definition) is 7. The van der Waals surface area contributed by atoms with Crippen molar-refractivity contribution in [3.05, 3.63) is 34.6 Å². The molecule has 2 aromatic heterocycles. The van der Waals surface area contributed by atoms with Crippen LogP contribution in [0.5, 0.6) is 10.9 Å². The zero-order valence-electron chi connectivity index (χ0n) is 20.4. The Balaban J connectivity index is 1.10. The number of ether oxygens (including phenoxy) is 2. The molecule has 1 aliphatic heterocycles. The van der Waals surface area contributed by atoms with Crippen LogP contribution >= 0.6 is 11.3 Å². The molecule has 0 saturated heterocycles. The third kappa shape index (κ3) is 8.20. The number of aromatic nitrogens is 2. The highest BCUT2D eigenvalue weighted by Gasteiger charge is 2.25. The van der Waals surface area contributed by atoms with Crippen molar-refractivity contribution < 1.29 is 23.0 Å². The van der Waals surface area contributed by atoms with Gasteiger partial charge in [0.15, 0.2) is 12.4 Å². The molecule has 1 fully saturated rings. The van der Waals surface area contributed by atoms with Crippen molar-refractivity contribution in [3.8, 4) is 10.9 Å². The van der Waals surface area contributed by atoms with Crippen molar-refractivity contribution in [3.63, 3.8) is 0 Å². The molecule has 0 atom stereocenters. The SMILES string of the molecule is Cc1ccc(OCC(=O)CC2CCC(CCN3CCc4nc(OCC(F)F)sc4CC3)CC2)cn1. The normalized spacial score (nSPS) is 20.9. The number of rotatable bonds is 11. The molecule has 6 nitrogen and oxygen atoms in total. The van der Waals surface area contributed by atoms with Crippen molar-refractivity contribution in [2.24, 2.45) is 11.8 Å². The summed E-state index contributed by atoms with van der Waals surface area (Å²) in [6.45, 7) is 4.46. The van der Waals surface area contributed by atoms with Crippen molar-refractivity contribution in [2.45, 2.75) is 64.7 Å². The first kappa shape index (κ1) is 25.9. The van der Waals surface area contributed by atoms with Gasteiger partial charge in [0.2, 0.25) is 0 Å². The van der Waals surface area contributed by atoms with E-state index in [9.17, 15) is 13.6 Å². The molecule has 2 aliphatic rings. The van der Waals surface area contributed by atoms with Gasteiger partial charge in [0.05, 0.1) is 11.9 Å². The summed E-state index contributed by atoms with van der Waals surface area (Å²) < 4.78 is 35.4. The fraction of sp³-hybridized carbons (Fsp3) is 0.654. The van der Waals surface area contributed by atoms with E-state index in [4.69, 9.17) is 9.47 Å². The molecule has 1 saturated carbocycles. The van der Waals surface area contributed by atoms with Gasteiger partial charge in [0.25, 0.3) is 11.6 Å². The second-order valence-electron chi connectivity index (χ2n) is 9.74. The zero-order valence-corrected chi connectivity index (χ0v) is 21.2. The van der Waals surface area contributed by atoms with Crippen molar-refractivity contribution in [1.29, 1.82) is 0 Å². The van der Waals surface area contributed by atoms with E-state index in [0.29, 0.717) is 23.3 Å². The Hall–Kier alpha value is -2.13. The number of fused-ring (bicyclic) bond motifs is 1. The average Bonchev–Trinajstić information content (AvgIpc) is 3.15. The molecular weight excluding hydrogens is 472 g/mol. The molecule has 192 valence electrons. The maximum absolute atomic E-state index is 12.4. The third-order valence-electron chi connectivity index (χ3n) is 7.03. The van der Waals surface area contributed by atoms with Crippen molar-refractivity contribution in [1.82, 2.24) is 14.9 Å². The van der Waals surface area contributed by atoms with Gasteiger partial charge in [-0.1, -0.05) is 24.2 Å². The number of hydrogen-bond donors (Lipinski definition) is 0. The van der Waals surface area contributed by atoms with Crippen LogP contribution in [0.3, 0.4) is 0 Å². The number of ketones is 1. The highest BCUT2D eigenvalue weighted by molar-refractivity contribution is 7.13. The fourth-order valence-electron chi connectivity index (χ4n) is 4.98. The largest absolute Gasteiger partial charge is 0.484 e. The topological polar surface area (TPSA) is 64.5 Å². The Morgan fingerprint density at radius 2 is 1.91 bits per heavy atom. The smallest absolute Gasteiger partial charge is 0.273 e. The first-order chi connectivity index (χ1) is 16.9. The van der Waals surface area contributed by atoms with Crippen molar-refractivity contribution >= 4 is 17.1 Å². The third-order valence-corrected chi connectivity index (χ3v) is 8.10. The molecule has 0 unspecified atom stereocenters. The fourth-order valence-corrected chi connectivity index (χ4v) is 5.93. The van der Waals surface area contributed by atoms with Crippen LogP contribution in [0.4, 0.5) is 8.78 Å². The summed E-state index contributed by atoms with van der Waals surface area (Å²) in [4.78, 5) is 24.7. The second kappa shape index (κ2) is 12.7. The number of pyridine rings is 1. The summed E-state index contributed by atoms with van der Waals surface area (Å²) in [7, 11) is 0. The number of thiazole rings is 1. The van der Waals surface area contributed by atoms with Gasteiger partial charge in [-0.05, 0) is 63.1 Å². The predicted molar refractivity (Wildman–Crippen MR) is 132 cm³/mol. The van der Waals surface area contributed by atoms with Gasteiger partial charge in [-0.25, -0.2) is 13.8 Å². The number of carbonyl (C=O) groups is 1. The van der Waals surface area contributed by atoms with Crippen LogP contribution in [0.2, 0.25) is 0 Å². The molecule has 9 heteroatoms. The zero-order chi connectivity index (χ0) is 24.6. The molecule has 0 radical (unpaired) electrons. The lowest BCUT2D eigenvalue weighted by molar-refractivity contribution is -0.122. The minimum absolute atomic E-state index is 0.125. The Morgan fingerprint density at radius 1 is 1.14 bits per heavy atom. The molecule has 0 amide bonds. The number of halogens is 2. The number of aryl methyl sites for hydroxylation is 1. The summed E-state index contributed by atoms with van der Waals surface area (Å²) in [6, 6.07) is 3.73. The maximum atomic E-state index is 12.4. The van der Waals surface area contributed by atoms with Crippen LogP contribution < -0.4 is 9.47 Å². The van der Waals surface area contributed by atoms with E-state index >= 15 is 0 Å². The average molecular weight is 508 g/mol. The van der Waals surface area contributed by atoms with Gasteiger partial charge in [0.1, 0.15) is 12.4 Å². The molecular formula is C26H35F2N3O3S. The van der Waals surface area contributed by atoms with Gasteiger partial charge in [-0.3, -0.25) is 9.78 Å². The van der Waals surface area contributed by atoms with Crippen LogP contribution in [-0.4, -0.2) is 59.9 Å². The Bertz CT molecular complexity index is 920. The number of carbonyl (C=O) groups excluding carboxylic acids is 1. The number of nitrogens with zero attached hydrogens (tertiary/aromatic N) is 3. The van der Waals surface area contributed by atoms with Crippen LogP contribution in [0, 0.1) is 18.8 Å². The van der Waals surface area contributed by atoms with Crippen LogP contribution in [0.1, 0.15) is 54.8 Å². The quantitative estimate of drug-likeness (QED) is 0.420. The van der Waals surface area contributed by atoms with Gasteiger partial charge in [-0.15, -0.1) is 0 Å². The second-order valence-corrected chi connectivity index (χ2v) is 10.8. The molecule has 1 aliphatic carbocycles. The molecule has 0 N–H and O–H groups in total. The van der Waals surface area contributed by atoms with E-state index in [0.717, 1.165) is 62.6 Å². The van der Waals surface area contributed by atoms with Gasteiger partial charge in [0, 0.05) is 36.5 Å². The van der Waals surface area contributed by atoms with E-state index in [-0.39, 0.29) is 12.4 Å². The van der Waals surface area contributed by atoms with Crippen LogP contribution in [-0.2, 0) is 17.6 Å². The van der Waals surface area contributed by atoms with Gasteiger partial charge < -0.3 is 14.4 Å². The molecule has 2 aromatic rings. The van der Waals surface area contributed by atoms with E-state index in [2.05, 4.69) is 14.9 Å². The lowest BCUT2D eigenvalue weighted by Gasteiger charge is -2.30. The summed E-state index contributed by atoms with van der Waals surface area (Å²) in [5, 5.41) is 0.373. The number of Topliss-reactive ketones (excluding diaryl/α,β-unsaturated/α-hetero) is 1.